The number of benzene rings is 1. The summed E-state index contributed by atoms with van der Waals surface area (Å²) in [7, 11) is 0. The zero-order valence-corrected chi connectivity index (χ0v) is 12.9. The van der Waals surface area contributed by atoms with Gasteiger partial charge in [-0.05, 0) is 33.8 Å². The van der Waals surface area contributed by atoms with Crippen LogP contribution in [0.4, 0.5) is 16.2 Å². The molecule has 0 heterocycles. The lowest BCUT2D eigenvalue weighted by Gasteiger charge is -2.21. The molecule has 0 radical (unpaired) electrons. The highest BCUT2D eigenvalue weighted by Crippen LogP contribution is 2.17. The number of non-ortho nitro benzene ring substituents is 1. The first kappa shape index (κ1) is 17.4. The Morgan fingerprint density at radius 3 is 2.50 bits per heavy atom. The van der Waals surface area contributed by atoms with Gasteiger partial charge in [-0.25, -0.2) is 4.79 Å². The maximum absolute atomic E-state index is 11.9. The van der Waals surface area contributed by atoms with Gasteiger partial charge in [0.1, 0.15) is 11.6 Å². The van der Waals surface area contributed by atoms with Crippen LogP contribution in [0.2, 0.25) is 0 Å². The van der Waals surface area contributed by atoms with Gasteiger partial charge in [0.15, 0.2) is 0 Å². The predicted octanol–water partition coefficient (Wildman–Crippen LogP) is 2.45. The van der Waals surface area contributed by atoms with Gasteiger partial charge in [0.25, 0.3) is 5.69 Å². The Morgan fingerprint density at radius 2 is 1.95 bits per heavy atom. The predicted molar refractivity (Wildman–Crippen MR) is 80.6 cm³/mol. The highest BCUT2D eigenvalue weighted by atomic mass is 16.6. The maximum atomic E-state index is 11.9. The number of carbonyl (C=O) groups excluding carboxylic acids is 2. The van der Waals surface area contributed by atoms with Gasteiger partial charge in [-0.1, -0.05) is 6.07 Å². The number of hydrogen-bond acceptors (Lipinski definition) is 5. The van der Waals surface area contributed by atoms with E-state index in [-0.39, 0.29) is 11.4 Å². The van der Waals surface area contributed by atoms with Crippen LogP contribution in [0.5, 0.6) is 0 Å². The van der Waals surface area contributed by atoms with E-state index in [4.69, 9.17) is 4.74 Å². The maximum Gasteiger partial charge on any atom is 0.408 e. The lowest BCUT2D eigenvalue weighted by molar-refractivity contribution is -0.384. The van der Waals surface area contributed by atoms with Crippen molar-refractivity contribution in [1.29, 1.82) is 0 Å². The molecule has 8 heteroatoms. The third-order valence-corrected chi connectivity index (χ3v) is 2.45. The smallest absolute Gasteiger partial charge is 0.408 e. The number of alkyl carbamates (subject to hydrolysis) is 1. The number of nitro benzene ring substituents is 1. The second-order valence-corrected chi connectivity index (χ2v) is 5.66. The van der Waals surface area contributed by atoms with Crippen molar-refractivity contribution in [1.82, 2.24) is 5.32 Å². The van der Waals surface area contributed by atoms with Crippen LogP contribution in [0.3, 0.4) is 0 Å². The topological polar surface area (TPSA) is 111 Å². The average Bonchev–Trinajstić information content (AvgIpc) is 2.36. The summed E-state index contributed by atoms with van der Waals surface area (Å²) in [5.41, 5.74) is -0.525. The van der Waals surface area contributed by atoms with Crippen molar-refractivity contribution >= 4 is 23.4 Å². The molecule has 0 aliphatic rings. The molecule has 1 atom stereocenters. The minimum Gasteiger partial charge on any atom is -0.444 e. The molecular formula is C14H19N3O5. The lowest BCUT2D eigenvalue weighted by Crippen LogP contribution is -2.43. The normalized spacial score (nSPS) is 12.2. The van der Waals surface area contributed by atoms with Crippen LogP contribution in [0.15, 0.2) is 24.3 Å². The molecule has 2 amide bonds. The quantitative estimate of drug-likeness (QED) is 0.655. The van der Waals surface area contributed by atoms with Crippen LogP contribution in [0.1, 0.15) is 27.7 Å². The van der Waals surface area contributed by atoms with Crippen molar-refractivity contribution in [3.8, 4) is 0 Å². The van der Waals surface area contributed by atoms with Gasteiger partial charge in [-0.2, -0.15) is 0 Å². The largest absolute Gasteiger partial charge is 0.444 e. The number of nitrogens with one attached hydrogen (secondary N) is 2. The standard InChI is InChI=1S/C14H19N3O5/c1-9(15-13(19)22-14(2,3)4)12(18)16-10-6-5-7-11(8-10)17(20)21/h5-9H,1-4H3,(H,15,19)(H,16,18). The summed E-state index contributed by atoms with van der Waals surface area (Å²) in [6.07, 6.45) is -0.714. The van der Waals surface area contributed by atoms with E-state index in [2.05, 4.69) is 10.6 Å². The van der Waals surface area contributed by atoms with Gasteiger partial charge in [0, 0.05) is 17.8 Å². The number of anilines is 1. The first-order chi connectivity index (χ1) is 10.1. The van der Waals surface area contributed by atoms with E-state index in [1.165, 1.54) is 31.2 Å². The summed E-state index contributed by atoms with van der Waals surface area (Å²) in [6.45, 7) is 6.61. The molecule has 8 nitrogen and oxygen atoms in total. The molecule has 1 aromatic rings. The van der Waals surface area contributed by atoms with Crippen LogP contribution in [0.25, 0.3) is 0 Å². The van der Waals surface area contributed by atoms with Gasteiger partial charge in [-0.15, -0.1) is 0 Å². The fraction of sp³-hybridized carbons (Fsp3) is 0.429. The third-order valence-electron chi connectivity index (χ3n) is 2.45. The van der Waals surface area contributed by atoms with E-state index in [0.29, 0.717) is 0 Å². The van der Waals surface area contributed by atoms with Crippen molar-refractivity contribution in [2.24, 2.45) is 0 Å². The van der Waals surface area contributed by atoms with Crippen LogP contribution < -0.4 is 10.6 Å². The Balaban J connectivity index is 2.63. The van der Waals surface area contributed by atoms with E-state index < -0.39 is 28.6 Å². The fourth-order valence-corrected chi connectivity index (χ4v) is 1.50. The minimum atomic E-state index is -0.853. The molecule has 0 saturated carbocycles. The molecule has 0 aliphatic carbocycles. The summed E-state index contributed by atoms with van der Waals surface area (Å²) in [4.78, 5) is 33.6. The van der Waals surface area contributed by atoms with Crippen molar-refractivity contribution in [2.45, 2.75) is 39.3 Å². The zero-order chi connectivity index (χ0) is 16.9. The first-order valence-electron chi connectivity index (χ1n) is 6.63. The fourth-order valence-electron chi connectivity index (χ4n) is 1.50. The summed E-state index contributed by atoms with van der Waals surface area (Å²) < 4.78 is 5.04. The van der Waals surface area contributed by atoms with Crippen molar-refractivity contribution in [3.05, 3.63) is 34.4 Å². The molecule has 0 spiro atoms. The first-order valence-corrected chi connectivity index (χ1v) is 6.63. The summed E-state index contributed by atoms with van der Waals surface area (Å²) >= 11 is 0. The van der Waals surface area contributed by atoms with Gasteiger partial charge in [0.2, 0.25) is 5.91 Å². The minimum absolute atomic E-state index is 0.134. The van der Waals surface area contributed by atoms with Crippen LogP contribution in [0, 0.1) is 10.1 Å². The lowest BCUT2D eigenvalue weighted by atomic mass is 10.2. The Hall–Kier alpha value is -2.64. The number of nitrogens with zero attached hydrogens (tertiary/aromatic N) is 1. The third kappa shape index (κ3) is 5.78. The molecule has 1 unspecified atom stereocenters. The van der Waals surface area contributed by atoms with E-state index in [0.717, 1.165) is 0 Å². The number of ether oxygens (including phenoxy) is 1. The summed E-state index contributed by atoms with van der Waals surface area (Å²) in [5.74, 6) is -0.508. The highest BCUT2D eigenvalue weighted by Gasteiger charge is 2.21. The van der Waals surface area contributed by atoms with Crippen LogP contribution in [-0.4, -0.2) is 28.6 Å². The monoisotopic (exact) mass is 309 g/mol. The van der Waals surface area contributed by atoms with Crippen molar-refractivity contribution in [2.75, 3.05) is 5.32 Å². The molecule has 22 heavy (non-hydrogen) atoms. The molecule has 1 rings (SSSR count). The summed E-state index contributed by atoms with van der Waals surface area (Å²) in [6, 6.07) is 4.68. The molecule has 120 valence electrons. The van der Waals surface area contributed by atoms with Gasteiger partial charge in [-0.3, -0.25) is 14.9 Å². The zero-order valence-electron chi connectivity index (χ0n) is 12.9. The second kappa shape index (κ2) is 6.88. The van der Waals surface area contributed by atoms with E-state index >= 15 is 0 Å². The Kier molecular flexibility index (Phi) is 5.44. The molecule has 0 aliphatic heterocycles. The number of nitro groups is 1. The van der Waals surface area contributed by atoms with Crippen molar-refractivity contribution in [3.63, 3.8) is 0 Å². The number of amides is 2. The van der Waals surface area contributed by atoms with E-state index in [1.54, 1.807) is 20.8 Å². The van der Waals surface area contributed by atoms with E-state index in [9.17, 15) is 19.7 Å². The number of rotatable bonds is 4. The molecule has 2 N–H and O–H groups in total. The van der Waals surface area contributed by atoms with Gasteiger partial charge in [0.05, 0.1) is 4.92 Å². The number of hydrogen-bond donors (Lipinski definition) is 2. The number of carbonyl (C=O) groups is 2. The molecular weight excluding hydrogens is 290 g/mol. The Labute approximate surface area is 128 Å². The molecule has 0 fully saturated rings. The highest BCUT2D eigenvalue weighted by molar-refractivity contribution is 5.96. The van der Waals surface area contributed by atoms with Gasteiger partial charge < -0.3 is 15.4 Å². The average molecular weight is 309 g/mol. The second-order valence-electron chi connectivity index (χ2n) is 5.66. The SMILES string of the molecule is CC(NC(=O)OC(C)(C)C)C(=O)Nc1cccc([N+](=O)[O-])c1. The van der Waals surface area contributed by atoms with Crippen molar-refractivity contribution < 1.29 is 19.2 Å². The summed E-state index contributed by atoms with van der Waals surface area (Å²) in [5, 5.41) is 15.5. The van der Waals surface area contributed by atoms with Crippen LogP contribution in [-0.2, 0) is 9.53 Å². The Bertz CT molecular complexity index is 580. The van der Waals surface area contributed by atoms with Gasteiger partial charge >= 0.3 is 6.09 Å². The van der Waals surface area contributed by atoms with Crippen LogP contribution >= 0.6 is 0 Å². The van der Waals surface area contributed by atoms with E-state index in [1.807, 2.05) is 0 Å². The molecule has 1 aromatic carbocycles. The Morgan fingerprint density at radius 1 is 1.32 bits per heavy atom. The molecule has 0 bridgehead atoms. The molecule has 0 aromatic heterocycles. The molecule has 0 saturated heterocycles.